The van der Waals surface area contributed by atoms with Crippen LogP contribution < -0.4 is 11.1 Å². The summed E-state index contributed by atoms with van der Waals surface area (Å²) in [5, 5.41) is 3.03. The minimum absolute atomic E-state index is 0.000563. The van der Waals surface area contributed by atoms with Crippen LogP contribution in [0.4, 0.5) is 5.69 Å². The van der Waals surface area contributed by atoms with Gasteiger partial charge in [-0.3, -0.25) is 4.79 Å². The highest BCUT2D eigenvalue weighted by molar-refractivity contribution is 6.06. The van der Waals surface area contributed by atoms with Crippen LogP contribution in [0.1, 0.15) is 64.3 Å². The Bertz CT molecular complexity index is 553. The topological polar surface area (TPSA) is 55.1 Å². The first-order valence-corrected chi connectivity index (χ1v) is 7.33. The lowest BCUT2D eigenvalue weighted by molar-refractivity contribution is -0.119. The molecule has 3 nitrogen and oxygen atoms in total. The summed E-state index contributed by atoms with van der Waals surface area (Å²) < 4.78 is 0. The van der Waals surface area contributed by atoms with E-state index in [2.05, 4.69) is 45.1 Å². The maximum Gasteiger partial charge on any atom is 0.234 e. The SMILES string of the molecule is CCc1cc(C(N)C(C)(C)C)cc2c1NC(=O)C2(C)C. The predicted molar refractivity (Wildman–Crippen MR) is 83.9 cm³/mol. The summed E-state index contributed by atoms with van der Waals surface area (Å²) in [5.74, 6) is 0.0729. The summed E-state index contributed by atoms with van der Waals surface area (Å²) in [4.78, 5) is 12.2. The molecule has 1 amide bonds. The molecule has 0 spiro atoms. The van der Waals surface area contributed by atoms with Crippen LogP contribution >= 0.6 is 0 Å². The number of carbonyl (C=O) groups is 1. The Hall–Kier alpha value is -1.35. The first kappa shape index (κ1) is 15.0. The van der Waals surface area contributed by atoms with Gasteiger partial charge in [-0.25, -0.2) is 0 Å². The zero-order chi connectivity index (χ0) is 15.3. The Morgan fingerprint density at radius 2 is 1.90 bits per heavy atom. The van der Waals surface area contributed by atoms with Crippen molar-refractivity contribution < 1.29 is 4.79 Å². The molecule has 0 aromatic heterocycles. The molecule has 110 valence electrons. The number of nitrogens with two attached hydrogens (primary N) is 1. The molecule has 0 aliphatic carbocycles. The molecule has 1 heterocycles. The number of aryl methyl sites for hydroxylation is 1. The molecule has 0 fully saturated rings. The number of amides is 1. The zero-order valence-electron chi connectivity index (χ0n) is 13.4. The average molecular weight is 274 g/mol. The third-order valence-electron chi connectivity index (χ3n) is 4.39. The molecule has 0 bridgehead atoms. The van der Waals surface area contributed by atoms with E-state index >= 15 is 0 Å². The standard InChI is InChI=1S/C17H26N2O/c1-7-10-8-11(14(18)16(2,3)4)9-12-13(10)19-15(20)17(12,5)6/h8-9,14H,7,18H2,1-6H3,(H,19,20). The molecule has 1 unspecified atom stereocenters. The number of hydrogen-bond donors (Lipinski definition) is 2. The number of hydrogen-bond acceptors (Lipinski definition) is 2. The van der Waals surface area contributed by atoms with Crippen LogP contribution in [-0.2, 0) is 16.6 Å². The van der Waals surface area contributed by atoms with Gasteiger partial charge in [0.1, 0.15) is 0 Å². The van der Waals surface area contributed by atoms with Gasteiger partial charge in [-0.2, -0.15) is 0 Å². The van der Waals surface area contributed by atoms with Gasteiger partial charge in [0.15, 0.2) is 0 Å². The van der Waals surface area contributed by atoms with Gasteiger partial charge >= 0.3 is 0 Å². The fourth-order valence-electron chi connectivity index (χ4n) is 2.72. The molecular formula is C17H26N2O. The number of rotatable bonds is 2. The predicted octanol–water partition coefficient (Wildman–Crippen LogP) is 3.52. The van der Waals surface area contributed by atoms with E-state index in [1.807, 2.05) is 13.8 Å². The maximum atomic E-state index is 12.2. The second-order valence-corrected chi connectivity index (χ2v) is 7.38. The lowest BCUT2D eigenvalue weighted by atomic mass is 9.78. The number of fused-ring (bicyclic) bond motifs is 1. The minimum Gasteiger partial charge on any atom is -0.325 e. The summed E-state index contributed by atoms with van der Waals surface area (Å²) in [6.07, 6.45) is 0.892. The summed E-state index contributed by atoms with van der Waals surface area (Å²) >= 11 is 0. The van der Waals surface area contributed by atoms with Gasteiger partial charge in [-0.1, -0.05) is 39.8 Å². The molecule has 0 radical (unpaired) electrons. The minimum atomic E-state index is -0.479. The van der Waals surface area contributed by atoms with Gasteiger partial charge in [0.2, 0.25) is 5.91 Å². The highest BCUT2D eigenvalue weighted by Crippen LogP contribution is 2.42. The van der Waals surface area contributed by atoms with E-state index < -0.39 is 5.41 Å². The van der Waals surface area contributed by atoms with Gasteiger partial charge < -0.3 is 11.1 Å². The Labute approximate surface area is 121 Å². The second-order valence-electron chi connectivity index (χ2n) is 7.38. The first-order valence-electron chi connectivity index (χ1n) is 7.33. The van der Waals surface area contributed by atoms with Gasteiger partial charge in [0, 0.05) is 11.7 Å². The van der Waals surface area contributed by atoms with Crippen LogP contribution in [0.15, 0.2) is 12.1 Å². The van der Waals surface area contributed by atoms with E-state index in [-0.39, 0.29) is 17.4 Å². The van der Waals surface area contributed by atoms with Crippen molar-refractivity contribution in [2.75, 3.05) is 5.32 Å². The van der Waals surface area contributed by atoms with Crippen molar-refractivity contribution in [1.29, 1.82) is 0 Å². The van der Waals surface area contributed by atoms with Gasteiger partial charge in [-0.15, -0.1) is 0 Å². The van der Waals surface area contributed by atoms with Crippen LogP contribution in [0.5, 0.6) is 0 Å². The van der Waals surface area contributed by atoms with Crippen LogP contribution in [-0.4, -0.2) is 5.91 Å². The quantitative estimate of drug-likeness (QED) is 0.867. The maximum absolute atomic E-state index is 12.2. The summed E-state index contributed by atoms with van der Waals surface area (Å²) in [6, 6.07) is 4.23. The van der Waals surface area contributed by atoms with Crippen LogP contribution in [0.3, 0.4) is 0 Å². The van der Waals surface area contributed by atoms with E-state index in [0.717, 1.165) is 23.2 Å². The van der Waals surface area contributed by atoms with Crippen molar-refractivity contribution >= 4 is 11.6 Å². The normalized spacial score (nSPS) is 18.6. The molecular weight excluding hydrogens is 248 g/mol. The average Bonchev–Trinajstić information content (AvgIpc) is 2.58. The highest BCUT2D eigenvalue weighted by Gasteiger charge is 2.40. The van der Waals surface area contributed by atoms with Gasteiger partial charge in [0.25, 0.3) is 0 Å². The molecule has 20 heavy (non-hydrogen) atoms. The molecule has 3 heteroatoms. The molecule has 3 N–H and O–H groups in total. The monoisotopic (exact) mass is 274 g/mol. The fourth-order valence-corrected chi connectivity index (χ4v) is 2.72. The Balaban J connectivity index is 2.61. The zero-order valence-corrected chi connectivity index (χ0v) is 13.4. The molecule has 1 aromatic rings. The third-order valence-corrected chi connectivity index (χ3v) is 4.39. The van der Waals surface area contributed by atoms with E-state index in [9.17, 15) is 4.79 Å². The summed E-state index contributed by atoms with van der Waals surface area (Å²) in [6.45, 7) is 12.5. The number of carbonyl (C=O) groups excluding carboxylic acids is 1. The van der Waals surface area contributed by atoms with Crippen molar-refractivity contribution in [3.63, 3.8) is 0 Å². The Morgan fingerprint density at radius 3 is 2.40 bits per heavy atom. The van der Waals surface area contributed by atoms with Crippen LogP contribution in [0.25, 0.3) is 0 Å². The molecule has 0 saturated heterocycles. The molecule has 1 aromatic carbocycles. The molecule has 0 saturated carbocycles. The van der Waals surface area contributed by atoms with Crippen LogP contribution in [0.2, 0.25) is 0 Å². The molecule has 1 atom stereocenters. The lowest BCUT2D eigenvalue weighted by Gasteiger charge is -2.29. The fraction of sp³-hybridized carbons (Fsp3) is 0.588. The van der Waals surface area contributed by atoms with E-state index in [1.54, 1.807) is 0 Å². The largest absolute Gasteiger partial charge is 0.325 e. The second kappa shape index (κ2) is 4.59. The summed E-state index contributed by atoms with van der Waals surface area (Å²) in [5.41, 5.74) is 10.3. The Morgan fingerprint density at radius 1 is 1.30 bits per heavy atom. The number of nitrogens with one attached hydrogen (secondary N) is 1. The van der Waals surface area contributed by atoms with Crippen molar-refractivity contribution in [2.24, 2.45) is 11.1 Å². The van der Waals surface area contributed by atoms with Crippen molar-refractivity contribution in [3.05, 3.63) is 28.8 Å². The number of anilines is 1. The number of benzene rings is 1. The van der Waals surface area contributed by atoms with E-state index in [4.69, 9.17) is 5.73 Å². The molecule has 1 aliphatic rings. The summed E-state index contributed by atoms with van der Waals surface area (Å²) in [7, 11) is 0. The van der Waals surface area contributed by atoms with Crippen molar-refractivity contribution in [3.8, 4) is 0 Å². The van der Waals surface area contributed by atoms with Crippen LogP contribution in [0, 0.1) is 5.41 Å². The van der Waals surface area contributed by atoms with E-state index in [0.29, 0.717) is 0 Å². The third kappa shape index (κ3) is 2.24. The smallest absolute Gasteiger partial charge is 0.234 e. The Kier molecular flexibility index (Phi) is 3.45. The van der Waals surface area contributed by atoms with Crippen molar-refractivity contribution in [2.45, 2.75) is 59.4 Å². The highest BCUT2D eigenvalue weighted by atomic mass is 16.2. The lowest BCUT2D eigenvalue weighted by Crippen LogP contribution is -2.28. The molecule has 1 aliphatic heterocycles. The van der Waals surface area contributed by atoms with Gasteiger partial charge in [-0.05, 0) is 42.4 Å². The van der Waals surface area contributed by atoms with Crippen molar-refractivity contribution in [1.82, 2.24) is 0 Å². The first-order chi connectivity index (χ1) is 9.09. The van der Waals surface area contributed by atoms with E-state index in [1.165, 1.54) is 5.56 Å². The van der Waals surface area contributed by atoms with Gasteiger partial charge in [0.05, 0.1) is 5.41 Å². The molecule has 2 rings (SSSR count).